The first kappa shape index (κ1) is 21.3. The van der Waals surface area contributed by atoms with Crippen molar-refractivity contribution in [2.24, 2.45) is 0 Å². The number of unbranched alkanes of at least 4 members (excludes halogenated alkanes) is 9. The average molecular weight is 367 g/mol. The fraction of sp³-hybridized carbons (Fsp3) is 0.520. The van der Waals surface area contributed by atoms with E-state index in [1.54, 1.807) is 0 Å². The summed E-state index contributed by atoms with van der Waals surface area (Å²) in [6, 6.07) is 14.1. The maximum Gasteiger partial charge on any atom is 0.227 e. The van der Waals surface area contributed by atoms with Crippen molar-refractivity contribution in [2.75, 3.05) is 0 Å². The zero-order chi connectivity index (χ0) is 19.2. The molecule has 27 heavy (non-hydrogen) atoms. The van der Waals surface area contributed by atoms with Gasteiger partial charge in [0.2, 0.25) is 12.3 Å². The highest BCUT2D eigenvalue weighted by atomic mass is 16.1. The average Bonchev–Trinajstić information content (AvgIpc) is 2.70. The van der Waals surface area contributed by atoms with Crippen LogP contribution < -0.4 is 4.57 Å². The topological polar surface area (TPSA) is 20.9 Å². The molecule has 0 aliphatic heterocycles. The summed E-state index contributed by atoms with van der Waals surface area (Å²) < 4.78 is 1.92. The largest absolute Gasteiger partial charge is 0.287 e. The van der Waals surface area contributed by atoms with Gasteiger partial charge in [-0.25, -0.2) is 0 Å². The molecule has 1 aromatic carbocycles. The molecule has 0 aliphatic rings. The van der Waals surface area contributed by atoms with E-state index >= 15 is 0 Å². The van der Waals surface area contributed by atoms with Crippen LogP contribution in [0.5, 0.6) is 0 Å². The van der Waals surface area contributed by atoms with Crippen molar-refractivity contribution in [3.63, 3.8) is 0 Å². The number of aromatic nitrogens is 1. The van der Waals surface area contributed by atoms with Gasteiger partial charge in [-0.3, -0.25) is 4.79 Å². The second-order valence-corrected chi connectivity index (χ2v) is 7.60. The first-order chi connectivity index (χ1) is 13.3. The van der Waals surface area contributed by atoms with Crippen molar-refractivity contribution in [3.05, 3.63) is 66.0 Å². The molecular formula is C25H36NO+. The van der Waals surface area contributed by atoms with Crippen LogP contribution in [0.3, 0.4) is 0 Å². The molecule has 0 aliphatic carbocycles. The number of carbonyl (C=O) groups is 1. The molecule has 0 atom stereocenters. The maximum absolute atomic E-state index is 12.3. The predicted octanol–water partition coefficient (Wildman–Crippen LogP) is 6.32. The van der Waals surface area contributed by atoms with E-state index in [1.165, 1.54) is 69.8 Å². The number of benzene rings is 1. The smallest absolute Gasteiger partial charge is 0.227 e. The summed E-state index contributed by atoms with van der Waals surface area (Å²) in [4.78, 5) is 12.3. The van der Waals surface area contributed by atoms with Crippen LogP contribution in [0.15, 0.2) is 54.9 Å². The molecule has 0 fully saturated rings. The molecule has 146 valence electrons. The lowest BCUT2D eigenvalue weighted by atomic mass is 10.0. The fourth-order valence-electron chi connectivity index (χ4n) is 3.47. The Morgan fingerprint density at radius 3 is 1.89 bits per heavy atom. The molecule has 0 saturated carbocycles. The number of hydrogen-bond donors (Lipinski definition) is 0. The Bertz CT molecular complexity index is 633. The number of Topliss-reactive ketones (excluding diaryl/α,β-unsaturated/α-hetero) is 1. The normalized spacial score (nSPS) is 10.9. The highest BCUT2D eigenvalue weighted by molar-refractivity contribution is 5.95. The van der Waals surface area contributed by atoms with Crippen LogP contribution >= 0.6 is 0 Å². The van der Waals surface area contributed by atoms with E-state index in [1.807, 2.05) is 47.3 Å². The van der Waals surface area contributed by atoms with Gasteiger partial charge in [-0.15, -0.1) is 0 Å². The first-order valence-electron chi connectivity index (χ1n) is 10.9. The van der Waals surface area contributed by atoms with Crippen molar-refractivity contribution < 1.29 is 9.36 Å². The minimum atomic E-state index is 0.164. The van der Waals surface area contributed by atoms with Gasteiger partial charge in [-0.05, 0) is 18.4 Å². The summed E-state index contributed by atoms with van der Waals surface area (Å²) in [5.41, 5.74) is 2.15. The number of nitrogens with zero attached hydrogens (tertiary/aromatic N) is 1. The molecule has 1 aromatic heterocycles. The third-order valence-corrected chi connectivity index (χ3v) is 5.20. The quantitative estimate of drug-likeness (QED) is 0.218. The molecule has 0 saturated heterocycles. The molecule has 0 bridgehead atoms. The van der Waals surface area contributed by atoms with Gasteiger partial charge in [0.1, 0.15) is 0 Å². The van der Waals surface area contributed by atoms with Gasteiger partial charge in [0.15, 0.2) is 12.4 Å². The number of carbonyl (C=O) groups excluding carboxylic acids is 1. The molecule has 2 nitrogen and oxygen atoms in total. The summed E-state index contributed by atoms with van der Waals surface area (Å²) in [5.74, 6) is 0.164. The summed E-state index contributed by atoms with van der Waals surface area (Å²) in [7, 11) is 0. The van der Waals surface area contributed by atoms with E-state index in [2.05, 4.69) is 19.1 Å². The van der Waals surface area contributed by atoms with E-state index in [0.29, 0.717) is 6.54 Å². The number of ketones is 1. The van der Waals surface area contributed by atoms with Crippen LogP contribution in [0.25, 0.3) is 0 Å². The van der Waals surface area contributed by atoms with Crippen LogP contribution in [0.4, 0.5) is 0 Å². The molecule has 2 rings (SSSR count). The van der Waals surface area contributed by atoms with Gasteiger partial charge in [0.05, 0.1) is 0 Å². The van der Waals surface area contributed by atoms with E-state index in [9.17, 15) is 4.79 Å². The third-order valence-electron chi connectivity index (χ3n) is 5.20. The Morgan fingerprint density at radius 1 is 0.741 bits per heavy atom. The van der Waals surface area contributed by atoms with E-state index in [-0.39, 0.29) is 5.78 Å². The molecule has 2 aromatic rings. The Labute approximate surface area is 165 Å². The molecular weight excluding hydrogens is 330 g/mol. The summed E-state index contributed by atoms with van der Waals surface area (Å²) in [5, 5.41) is 0. The van der Waals surface area contributed by atoms with E-state index < -0.39 is 0 Å². The Hall–Kier alpha value is -1.96. The Morgan fingerprint density at radius 2 is 1.30 bits per heavy atom. The third kappa shape index (κ3) is 8.99. The van der Waals surface area contributed by atoms with Crippen LogP contribution in [-0.4, -0.2) is 5.78 Å². The molecule has 0 radical (unpaired) electrons. The predicted molar refractivity (Wildman–Crippen MR) is 113 cm³/mol. The number of pyridine rings is 1. The minimum Gasteiger partial charge on any atom is -0.287 e. The van der Waals surface area contributed by atoms with Crippen molar-refractivity contribution >= 4 is 5.78 Å². The Balaban J connectivity index is 1.58. The highest BCUT2D eigenvalue weighted by Gasteiger charge is 2.11. The molecule has 0 N–H and O–H groups in total. The van der Waals surface area contributed by atoms with Crippen LogP contribution in [0.2, 0.25) is 0 Å². The van der Waals surface area contributed by atoms with Gasteiger partial charge in [0.25, 0.3) is 0 Å². The molecule has 2 heteroatoms. The number of aryl methyl sites for hydroxylation is 1. The molecule has 1 heterocycles. The molecule has 0 spiro atoms. The van der Waals surface area contributed by atoms with Crippen molar-refractivity contribution in [1.82, 2.24) is 0 Å². The number of hydrogen-bond acceptors (Lipinski definition) is 1. The van der Waals surface area contributed by atoms with Crippen molar-refractivity contribution in [1.29, 1.82) is 0 Å². The zero-order valence-electron chi connectivity index (χ0n) is 17.0. The lowest BCUT2D eigenvalue weighted by Crippen LogP contribution is -2.36. The lowest BCUT2D eigenvalue weighted by Gasteiger charge is -2.04. The van der Waals surface area contributed by atoms with Gasteiger partial charge >= 0.3 is 0 Å². The van der Waals surface area contributed by atoms with Crippen LogP contribution in [-0.2, 0) is 13.0 Å². The van der Waals surface area contributed by atoms with E-state index in [4.69, 9.17) is 0 Å². The lowest BCUT2D eigenvalue weighted by molar-refractivity contribution is -0.683. The summed E-state index contributed by atoms with van der Waals surface area (Å²) in [6.45, 7) is 2.67. The van der Waals surface area contributed by atoms with Crippen molar-refractivity contribution in [2.45, 2.75) is 84.1 Å². The monoisotopic (exact) mass is 366 g/mol. The minimum absolute atomic E-state index is 0.164. The number of rotatable bonds is 14. The van der Waals surface area contributed by atoms with Gasteiger partial charge in [-0.2, -0.15) is 4.57 Å². The zero-order valence-corrected chi connectivity index (χ0v) is 17.0. The highest BCUT2D eigenvalue weighted by Crippen LogP contribution is 2.13. The van der Waals surface area contributed by atoms with Gasteiger partial charge in [-0.1, -0.05) is 95.0 Å². The fourth-order valence-corrected chi connectivity index (χ4v) is 3.47. The van der Waals surface area contributed by atoms with Gasteiger partial charge < -0.3 is 0 Å². The second-order valence-electron chi connectivity index (χ2n) is 7.60. The second kappa shape index (κ2) is 13.2. The first-order valence-corrected chi connectivity index (χ1v) is 10.9. The summed E-state index contributed by atoms with van der Waals surface area (Å²) in [6.07, 6.45) is 18.7. The van der Waals surface area contributed by atoms with Crippen LogP contribution in [0, 0.1) is 0 Å². The maximum atomic E-state index is 12.3. The van der Waals surface area contributed by atoms with E-state index in [0.717, 1.165) is 12.0 Å². The molecule has 0 unspecified atom stereocenters. The van der Waals surface area contributed by atoms with Gasteiger partial charge in [0, 0.05) is 17.7 Å². The standard InChI is InChI=1S/C25H36NO/c1-2-3-4-5-6-7-8-9-10-12-15-23-16-18-24(19-17-23)25(27)22-26-20-13-11-14-21-26/h11,13-14,16-21H,2-10,12,15,22H2,1H3/q+1. The SMILES string of the molecule is CCCCCCCCCCCCc1ccc(C(=O)C[n+]2ccccc2)cc1. The molecule has 0 amide bonds. The summed E-state index contributed by atoms with van der Waals surface area (Å²) >= 11 is 0. The van der Waals surface area contributed by atoms with Crippen molar-refractivity contribution in [3.8, 4) is 0 Å². The Kier molecular flexibility index (Phi) is 10.5. The van der Waals surface area contributed by atoms with Crippen LogP contribution in [0.1, 0.15) is 87.1 Å².